The van der Waals surface area contributed by atoms with Gasteiger partial charge in [-0.25, -0.2) is 4.98 Å². The summed E-state index contributed by atoms with van der Waals surface area (Å²) >= 11 is 0. The third-order valence-electron chi connectivity index (χ3n) is 6.04. The summed E-state index contributed by atoms with van der Waals surface area (Å²) in [5.74, 6) is 2.38. The van der Waals surface area contributed by atoms with Crippen molar-refractivity contribution < 1.29 is 14.3 Å². The maximum atomic E-state index is 12.7. The lowest BCUT2D eigenvalue weighted by atomic mass is 9.93. The molecule has 168 valence electrons. The summed E-state index contributed by atoms with van der Waals surface area (Å²) in [7, 11) is 1.63. The van der Waals surface area contributed by atoms with Crippen molar-refractivity contribution in [2.75, 3.05) is 25.5 Å². The number of carbonyl (C=O) groups is 2. The van der Waals surface area contributed by atoms with Crippen LogP contribution in [0, 0.1) is 12.8 Å². The van der Waals surface area contributed by atoms with E-state index in [1.165, 1.54) is 0 Å². The van der Waals surface area contributed by atoms with Gasteiger partial charge >= 0.3 is 0 Å². The standard InChI is InChI=1S/C24H34N4O3/c1-4-22-25-12-15-27(22)14-11-24(30)28-13-5-6-19(17-28)7-10-23(29)26-21-9-8-20(31-3)16-18(21)2/h8-9,12,15-16,19H,4-7,10-11,13-14,17H2,1-3H3,(H,26,29). The molecule has 0 bridgehead atoms. The maximum Gasteiger partial charge on any atom is 0.224 e. The lowest BCUT2D eigenvalue weighted by Gasteiger charge is -2.33. The molecule has 0 saturated carbocycles. The highest BCUT2D eigenvalue weighted by atomic mass is 16.5. The zero-order valence-electron chi connectivity index (χ0n) is 18.9. The van der Waals surface area contributed by atoms with Crippen LogP contribution >= 0.6 is 0 Å². The van der Waals surface area contributed by atoms with Gasteiger partial charge < -0.3 is 19.5 Å². The molecule has 1 aromatic heterocycles. The van der Waals surface area contributed by atoms with Crippen LogP contribution < -0.4 is 10.1 Å². The average Bonchev–Trinajstić information content (AvgIpc) is 3.25. The fraction of sp³-hybridized carbons (Fsp3) is 0.542. The van der Waals surface area contributed by atoms with E-state index in [0.29, 0.717) is 25.3 Å². The number of methoxy groups -OCH3 is 1. The second-order valence-electron chi connectivity index (χ2n) is 8.26. The molecule has 1 saturated heterocycles. The van der Waals surface area contributed by atoms with Crippen molar-refractivity contribution in [3.05, 3.63) is 42.0 Å². The highest BCUT2D eigenvalue weighted by Crippen LogP contribution is 2.24. The van der Waals surface area contributed by atoms with Crippen molar-refractivity contribution in [1.29, 1.82) is 0 Å². The average molecular weight is 427 g/mol. The molecule has 1 unspecified atom stereocenters. The maximum absolute atomic E-state index is 12.7. The first-order valence-electron chi connectivity index (χ1n) is 11.2. The Morgan fingerprint density at radius 3 is 2.87 bits per heavy atom. The quantitative estimate of drug-likeness (QED) is 0.662. The number of aromatic nitrogens is 2. The van der Waals surface area contributed by atoms with Gasteiger partial charge in [0.15, 0.2) is 0 Å². The number of nitrogens with zero attached hydrogens (tertiary/aromatic N) is 3. The van der Waals surface area contributed by atoms with Gasteiger partial charge in [0.1, 0.15) is 11.6 Å². The van der Waals surface area contributed by atoms with Crippen LogP contribution in [0.3, 0.4) is 0 Å². The van der Waals surface area contributed by atoms with Gasteiger partial charge in [-0.05, 0) is 55.9 Å². The molecular formula is C24H34N4O3. The van der Waals surface area contributed by atoms with Gasteiger partial charge in [-0.3, -0.25) is 9.59 Å². The highest BCUT2D eigenvalue weighted by molar-refractivity contribution is 5.91. The van der Waals surface area contributed by atoms with E-state index in [9.17, 15) is 9.59 Å². The Kier molecular flexibility index (Phi) is 8.09. The monoisotopic (exact) mass is 426 g/mol. The number of anilines is 1. The number of hydrogen-bond acceptors (Lipinski definition) is 4. The topological polar surface area (TPSA) is 76.5 Å². The van der Waals surface area contributed by atoms with E-state index >= 15 is 0 Å². The number of hydrogen-bond donors (Lipinski definition) is 1. The summed E-state index contributed by atoms with van der Waals surface area (Å²) in [6, 6.07) is 5.63. The number of amides is 2. The van der Waals surface area contributed by atoms with Crippen LogP contribution in [-0.2, 0) is 22.6 Å². The molecule has 1 aliphatic rings. The number of benzene rings is 1. The Bertz CT molecular complexity index is 893. The van der Waals surface area contributed by atoms with Crippen LogP contribution in [0.2, 0.25) is 0 Å². The largest absolute Gasteiger partial charge is 0.497 e. The number of rotatable bonds is 9. The van der Waals surface area contributed by atoms with Crippen molar-refractivity contribution in [2.24, 2.45) is 5.92 Å². The number of carbonyl (C=O) groups excluding carboxylic acids is 2. The van der Waals surface area contributed by atoms with E-state index in [-0.39, 0.29) is 11.8 Å². The molecule has 2 amide bonds. The van der Waals surface area contributed by atoms with Gasteiger partial charge in [0.05, 0.1) is 7.11 Å². The minimum Gasteiger partial charge on any atom is -0.497 e. The van der Waals surface area contributed by atoms with E-state index in [2.05, 4.69) is 21.8 Å². The first-order valence-corrected chi connectivity index (χ1v) is 11.2. The van der Waals surface area contributed by atoms with E-state index < -0.39 is 0 Å². The van der Waals surface area contributed by atoms with Crippen LogP contribution in [0.25, 0.3) is 0 Å². The zero-order chi connectivity index (χ0) is 22.2. The second kappa shape index (κ2) is 11.0. The summed E-state index contributed by atoms with van der Waals surface area (Å²) in [6.07, 6.45) is 8.42. The Morgan fingerprint density at radius 2 is 2.13 bits per heavy atom. The number of nitrogens with one attached hydrogen (secondary N) is 1. The molecular weight excluding hydrogens is 392 g/mol. The lowest BCUT2D eigenvalue weighted by molar-refractivity contribution is -0.133. The van der Waals surface area contributed by atoms with Crippen LogP contribution in [0.4, 0.5) is 5.69 Å². The van der Waals surface area contributed by atoms with Crippen molar-refractivity contribution in [1.82, 2.24) is 14.5 Å². The number of imidazole rings is 1. The Hall–Kier alpha value is -2.83. The first kappa shape index (κ1) is 22.8. The van der Waals surface area contributed by atoms with Crippen molar-refractivity contribution in [3.8, 4) is 5.75 Å². The molecule has 1 aromatic carbocycles. The molecule has 1 N–H and O–H groups in total. The third-order valence-corrected chi connectivity index (χ3v) is 6.04. The molecule has 0 spiro atoms. The molecule has 31 heavy (non-hydrogen) atoms. The smallest absolute Gasteiger partial charge is 0.224 e. The second-order valence-corrected chi connectivity index (χ2v) is 8.26. The van der Waals surface area contributed by atoms with Gasteiger partial charge in [0, 0.05) is 57.0 Å². The third kappa shape index (κ3) is 6.32. The van der Waals surface area contributed by atoms with Gasteiger partial charge in [0.25, 0.3) is 0 Å². The predicted octanol–water partition coefficient (Wildman–Crippen LogP) is 3.81. The van der Waals surface area contributed by atoms with Gasteiger partial charge in [-0.15, -0.1) is 0 Å². The molecule has 0 radical (unpaired) electrons. The molecule has 1 atom stereocenters. The molecule has 7 nitrogen and oxygen atoms in total. The van der Waals surface area contributed by atoms with Crippen LogP contribution in [0.1, 0.15) is 50.4 Å². The lowest BCUT2D eigenvalue weighted by Crippen LogP contribution is -2.40. The summed E-state index contributed by atoms with van der Waals surface area (Å²) in [4.78, 5) is 31.4. The summed E-state index contributed by atoms with van der Waals surface area (Å²) < 4.78 is 7.27. The van der Waals surface area contributed by atoms with E-state index in [0.717, 1.165) is 61.6 Å². The Balaban J connectivity index is 1.44. The minimum absolute atomic E-state index is 0.0175. The number of likely N-dealkylation sites (tertiary alicyclic amines) is 1. The van der Waals surface area contributed by atoms with E-state index in [4.69, 9.17) is 4.74 Å². The molecule has 0 aliphatic carbocycles. The zero-order valence-corrected chi connectivity index (χ0v) is 18.9. The molecule has 2 aromatic rings. The molecule has 2 heterocycles. The van der Waals surface area contributed by atoms with Gasteiger partial charge in [-0.1, -0.05) is 6.92 Å². The summed E-state index contributed by atoms with van der Waals surface area (Å²) in [5, 5.41) is 3.00. The Labute approximate surface area is 184 Å². The summed E-state index contributed by atoms with van der Waals surface area (Å²) in [5.41, 5.74) is 1.79. The highest BCUT2D eigenvalue weighted by Gasteiger charge is 2.24. The SMILES string of the molecule is CCc1nccn1CCC(=O)N1CCCC(CCC(=O)Nc2ccc(OC)cc2C)C1. The fourth-order valence-electron chi connectivity index (χ4n) is 4.21. The van der Waals surface area contributed by atoms with E-state index in [1.54, 1.807) is 13.3 Å². The van der Waals surface area contributed by atoms with Crippen molar-refractivity contribution in [2.45, 2.75) is 58.9 Å². The number of aryl methyl sites for hydroxylation is 3. The number of ether oxygens (including phenoxy) is 1. The number of piperidine rings is 1. The molecule has 7 heteroatoms. The summed E-state index contributed by atoms with van der Waals surface area (Å²) in [6.45, 7) is 6.26. The predicted molar refractivity (Wildman–Crippen MR) is 121 cm³/mol. The van der Waals surface area contributed by atoms with E-state index in [1.807, 2.05) is 36.2 Å². The molecule has 3 rings (SSSR count). The van der Waals surface area contributed by atoms with Crippen LogP contribution in [0.5, 0.6) is 5.75 Å². The van der Waals surface area contributed by atoms with Gasteiger partial charge in [0.2, 0.25) is 11.8 Å². The van der Waals surface area contributed by atoms with Crippen molar-refractivity contribution >= 4 is 17.5 Å². The minimum atomic E-state index is 0.0175. The first-order chi connectivity index (χ1) is 15.0. The normalized spacial score (nSPS) is 16.2. The molecule has 1 fully saturated rings. The molecule has 1 aliphatic heterocycles. The van der Waals surface area contributed by atoms with Gasteiger partial charge in [-0.2, -0.15) is 0 Å². The Morgan fingerprint density at radius 1 is 1.29 bits per heavy atom. The van der Waals surface area contributed by atoms with Crippen LogP contribution in [0.15, 0.2) is 30.6 Å². The van der Waals surface area contributed by atoms with Crippen LogP contribution in [-0.4, -0.2) is 46.5 Å². The van der Waals surface area contributed by atoms with Crippen molar-refractivity contribution in [3.63, 3.8) is 0 Å². The fourth-order valence-corrected chi connectivity index (χ4v) is 4.21.